The first kappa shape index (κ1) is 29.0. The van der Waals surface area contributed by atoms with Gasteiger partial charge in [0.15, 0.2) is 15.6 Å². The number of carbonyl (C=O) groups is 3. The van der Waals surface area contributed by atoms with Crippen molar-refractivity contribution in [2.75, 3.05) is 36.5 Å². The Morgan fingerprint density at radius 3 is 2.24 bits per heavy atom. The van der Waals surface area contributed by atoms with E-state index in [-0.39, 0.29) is 28.0 Å². The van der Waals surface area contributed by atoms with E-state index in [2.05, 4.69) is 5.32 Å². The molecular weight excluding hydrogens is 545 g/mol. The maximum absolute atomic E-state index is 14.7. The summed E-state index contributed by atoms with van der Waals surface area (Å²) in [6.45, 7) is 0.652. The molecule has 15 heteroatoms. The van der Waals surface area contributed by atoms with Crippen LogP contribution in [0.15, 0.2) is 53.4 Å². The molecule has 2 atom stereocenters. The van der Waals surface area contributed by atoms with Crippen LogP contribution in [0.25, 0.3) is 0 Å². The monoisotopic (exact) mass is 571 g/mol. The van der Waals surface area contributed by atoms with Crippen molar-refractivity contribution in [3.8, 4) is 5.75 Å². The smallest absolute Gasteiger partial charge is 0.414 e. The van der Waals surface area contributed by atoms with E-state index in [0.717, 1.165) is 48.2 Å². The second-order valence-electron chi connectivity index (χ2n) is 8.82. The minimum atomic E-state index is -5.09. The van der Waals surface area contributed by atoms with Crippen LogP contribution >= 0.6 is 0 Å². The van der Waals surface area contributed by atoms with Gasteiger partial charge < -0.3 is 20.1 Å². The molecule has 0 aliphatic carbocycles. The number of hydrogen-bond donors (Lipinski definition) is 2. The summed E-state index contributed by atoms with van der Waals surface area (Å²) in [5, 5.41) is 12.9. The second kappa shape index (κ2) is 10.7. The van der Waals surface area contributed by atoms with Gasteiger partial charge in [-0.25, -0.2) is 35.1 Å². The molecule has 0 spiro atoms. The number of nitrogens with one attached hydrogen (secondary N) is 1. The van der Waals surface area contributed by atoms with E-state index < -0.39 is 65.8 Å². The summed E-state index contributed by atoms with van der Waals surface area (Å²) in [4.78, 5) is 38.4. The maximum atomic E-state index is 14.7. The molecule has 0 bridgehead atoms. The normalized spacial score (nSPS) is 18.6. The Morgan fingerprint density at radius 2 is 1.71 bits per heavy atom. The van der Waals surface area contributed by atoms with Crippen LogP contribution in [0.3, 0.4) is 0 Å². The van der Waals surface area contributed by atoms with Crippen molar-refractivity contribution in [2.24, 2.45) is 0 Å². The van der Waals surface area contributed by atoms with Gasteiger partial charge in [-0.1, -0.05) is 12.1 Å². The molecule has 1 heterocycles. The Morgan fingerprint density at radius 1 is 1.11 bits per heavy atom. The van der Waals surface area contributed by atoms with Gasteiger partial charge in [-0.3, -0.25) is 4.79 Å². The van der Waals surface area contributed by atoms with E-state index in [9.17, 15) is 40.7 Å². The number of hydrogen-bond acceptors (Lipinski definition) is 9. The zero-order chi connectivity index (χ0) is 28.5. The summed E-state index contributed by atoms with van der Waals surface area (Å²) >= 11 is 0. The predicted molar refractivity (Wildman–Crippen MR) is 134 cm³/mol. The first-order valence-electron chi connectivity index (χ1n) is 11.1. The summed E-state index contributed by atoms with van der Waals surface area (Å²) in [5.41, 5.74) is -3.30. The number of sulfone groups is 1. The average molecular weight is 572 g/mol. The van der Waals surface area contributed by atoms with Crippen molar-refractivity contribution in [1.82, 2.24) is 10.2 Å². The summed E-state index contributed by atoms with van der Waals surface area (Å²) in [7, 11) is -5.95. The molecule has 1 amide bonds. The Hall–Kier alpha value is -3.56. The third-order valence-corrected chi connectivity index (χ3v) is 9.45. The lowest BCUT2D eigenvalue weighted by Crippen LogP contribution is -2.66. The minimum Gasteiger partial charge on any atom is -0.479 e. The second-order valence-corrected chi connectivity index (χ2v) is 12.8. The van der Waals surface area contributed by atoms with Crippen LogP contribution in [0.4, 0.5) is 14.9 Å². The van der Waals surface area contributed by atoms with E-state index in [1.54, 1.807) is 0 Å². The molecule has 2 aromatic rings. The highest BCUT2D eigenvalue weighted by molar-refractivity contribution is 7.93. The van der Waals surface area contributed by atoms with Crippen molar-refractivity contribution < 1.29 is 45.5 Å². The van der Waals surface area contributed by atoms with Gasteiger partial charge >= 0.3 is 12.1 Å². The largest absolute Gasteiger partial charge is 0.479 e. The molecule has 0 radical (unpaired) electrons. The van der Waals surface area contributed by atoms with Gasteiger partial charge in [-0.2, -0.15) is 0 Å². The Labute approximate surface area is 219 Å². The zero-order valence-corrected chi connectivity index (χ0v) is 22.3. The fourth-order valence-corrected chi connectivity index (χ4v) is 7.00. The average Bonchev–Trinajstić information content (AvgIpc) is 2.83. The minimum absolute atomic E-state index is 0.0286. The van der Waals surface area contributed by atoms with Crippen LogP contribution in [-0.2, 0) is 29.4 Å². The van der Waals surface area contributed by atoms with Gasteiger partial charge in [0.05, 0.1) is 23.2 Å². The number of carboxylic acid groups (broad SMARTS) is 1. The van der Waals surface area contributed by atoms with Gasteiger partial charge in [0.2, 0.25) is 5.54 Å². The molecular formula is C23H26FN3O9S2. The van der Waals surface area contributed by atoms with Gasteiger partial charge in [0.1, 0.15) is 16.5 Å². The van der Waals surface area contributed by atoms with E-state index in [1.165, 1.54) is 26.2 Å². The van der Waals surface area contributed by atoms with E-state index >= 15 is 0 Å². The number of rotatable bonds is 8. The third kappa shape index (κ3) is 5.63. The van der Waals surface area contributed by atoms with Crippen molar-refractivity contribution in [3.63, 3.8) is 0 Å². The molecule has 12 nitrogen and oxygen atoms in total. The first-order valence-corrected chi connectivity index (χ1v) is 14.4. The molecule has 0 saturated carbocycles. The van der Waals surface area contributed by atoms with Crippen molar-refractivity contribution in [3.05, 3.63) is 54.3 Å². The van der Waals surface area contributed by atoms with Gasteiger partial charge in [0, 0.05) is 20.6 Å². The zero-order valence-electron chi connectivity index (χ0n) is 20.6. The summed E-state index contributed by atoms with van der Waals surface area (Å²) in [6, 6.07) is 7.14. The quantitative estimate of drug-likeness (QED) is 0.434. The van der Waals surface area contributed by atoms with Crippen molar-refractivity contribution >= 4 is 43.4 Å². The Kier molecular flexibility index (Phi) is 8.14. The molecule has 2 N–H and O–H groups in total. The molecule has 1 aliphatic heterocycles. The Balaban J connectivity index is 2.21. The van der Waals surface area contributed by atoms with E-state index in [0.29, 0.717) is 0 Å². The molecule has 0 aromatic heterocycles. The number of ketones is 1. The van der Waals surface area contributed by atoms with E-state index in [1.807, 2.05) is 0 Å². The van der Waals surface area contributed by atoms with Gasteiger partial charge in [-0.05, 0) is 43.3 Å². The third-order valence-electron chi connectivity index (χ3n) is 5.84. The lowest BCUT2D eigenvalue weighted by molar-refractivity contribution is -0.147. The van der Waals surface area contributed by atoms with Crippen LogP contribution in [0, 0.1) is 5.82 Å². The molecule has 2 aromatic carbocycles. The lowest BCUT2D eigenvalue weighted by atomic mass is 9.91. The highest BCUT2D eigenvalue weighted by atomic mass is 32.2. The number of nitrogens with zero attached hydrogens (tertiary/aromatic N) is 2. The van der Waals surface area contributed by atoms with Crippen LogP contribution in [-0.4, -0.2) is 88.4 Å². The first-order chi connectivity index (χ1) is 17.6. The van der Waals surface area contributed by atoms with Crippen molar-refractivity contribution in [1.29, 1.82) is 0 Å². The molecule has 1 saturated heterocycles. The lowest BCUT2D eigenvalue weighted by Gasteiger charge is -2.39. The number of sulfonamides is 1. The van der Waals surface area contributed by atoms with Crippen LogP contribution in [0.1, 0.15) is 6.92 Å². The highest BCUT2D eigenvalue weighted by Crippen LogP contribution is 2.35. The molecule has 1 aliphatic rings. The van der Waals surface area contributed by atoms with Crippen LogP contribution in [0.2, 0.25) is 0 Å². The predicted octanol–water partition coefficient (Wildman–Crippen LogP) is 0.880. The van der Waals surface area contributed by atoms with Crippen molar-refractivity contribution in [2.45, 2.75) is 23.4 Å². The van der Waals surface area contributed by atoms with Crippen LogP contribution in [0.5, 0.6) is 5.75 Å². The number of ether oxygens (including phenoxy) is 1. The number of benzene rings is 2. The SMILES string of the molecule is CN(C)C(=O)Oc1ccc(N([C@@](C)(C(=O)O)C(=O)C2CS(=O)(=O)CCN2)S(=O)(=O)c2ccccc2F)cc1. The number of carboxylic acids is 1. The fourth-order valence-electron chi connectivity index (χ4n) is 3.82. The molecule has 206 valence electrons. The van der Waals surface area contributed by atoms with Crippen LogP contribution < -0.4 is 14.4 Å². The summed E-state index contributed by atoms with van der Waals surface area (Å²) < 4.78 is 72.0. The fraction of sp³-hybridized carbons (Fsp3) is 0.348. The maximum Gasteiger partial charge on any atom is 0.414 e. The Bertz CT molecular complexity index is 1460. The topological polar surface area (TPSA) is 167 Å². The summed E-state index contributed by atoms with van der Waals surface area (Å²) in [6.07, 6.45) is -0.747. The van der Waals surface area contributed by atoms with Gasteiger partial charge in [-0.15, -0.1) is 0 Å². The summed E-state index contributed by atoms with van der Waals surface area (Å²) in [5.74, 6) is -5.45. The highest BCUT2D eigenvalue weighted by Gasteiger charge is 2.55. The standard InChI is InChI=1S/C23H26FN3O9S2/c1-23(21(29)30,20(28)18-14-37(32,33)13-12-25-18)27(38(34,35)19-7-5-4-6-17(19)24)15-8-10-16(11-9-15)36-22(31)26(2)3/h4-11,18,25H,12-14H2,1-3H3,(H,29,30)/t18?,23-/m1/s1. The molecule has 1 unspecified atom stereocenters. The molecule has 38 heavy (non-hydrogen) atoms. The van der Waals surface area contributed by atoms with Gasteiger partial charge in [0.25, 0.3) is 10.0 Å². The molecule has 3 rings (SSSR count). The number of amides is 1. The molecule has 1 fully saturated rings. The number of Topliss-reactive ketones (excluding diaryl/α,β-unsaturated/α-hetero) is 1. The number of halogens is 1. The number of carbonyl (C=O) groups excluding carboxylic acids is 2. The number of anilines is 1. The number of aliphatic carboxylic acids is 1. The van der Waals surface area contributed by atoms with E-state index in [4.69, 9.17) is 4.74 Å².